The molecule has 40 heavy (non-hydrogen) atoms. The summed E-state index contributed by atoms with van der Waals surface area (Å²) in [5, 5.41) is 0. The zero-order chi connectivity index (χ0) is 30.8. The van der Waals surface area contributed by atoms with Crippen LogP contribution in [0.2, 0.25) is 0 Å². The highest BCUT2D eigenvalue weighted by molar-refractivity contribution is 5.81. The average molecular weight is 564 g/mol. The molecule has 0 radical (unpaired) electrons. The summed E-state index contributed by atoms with van der Waals surface area (Å²) in [4.78, 5) is 50.6. The third-order valence-corrected chi connectivity index (χ3v) is 7.48. The van der Waals surface area contributed by atoms with E-state index in [1.54, 1.807) is 26.8 Å². The third-order valence-electron chi connectivity index (χ3n) is 7.48. The Balaban J connectivity index is 3.32. The predicted molar refractivity (Wildman–Crippen MR) is 153 cm³/mol. The Labute approximate surface area is 239 Å². The lowest BCUT2D eigenvalue weighted by Gasteiger charge is -2.29. The van der Waals surface area contributed by atoms with Gasteiger partial charge in [-0.25, -0.2) is 0 Å². The molecular formula is C31H49NO8. The van der Waals surface area contributed by atoms with E-state index in [0.29, 0.717) is 5.56 Å². The zero-order valence-electron chi connectivity index (χ0n) is 25.9. The lowest BCUT2D eigenvalue weighted by molar-refractivity contribution is -0.155. The fourth-order valence-electron chi connectivity index (χ4n) is 3.82. The molecule has 0 aliphatic heterocycles. The Kier molecular flexibility index (Phi) is 13.8. The van der Waals surface area contributed by atoms with Gasteiger partial charge in [0.15, 0.2) is 11.5 Å². The maximum Gasteiger partial charge on any atom is 0.326 e. The molecule has 0 saturated heterocycles. The third kappa shape index (κ3) is 10.6. The SMILES string of the molecule is CCC(C)CC(=O)O[C@@H](C)CC(N)(Cc1ccc(OC(=O)C(C)C(C)C)c(OC(=O)C(C)C(C)C)c1)C(=O)OC. The van der Waals surface area contributed by atoms with Gasteiger partial charge in [-0.15, -0.1) is 0 Å². The fraction of sp³-hybridized carbons (Fsp3) is 0.677. The van der Waals surface area contributed by atoms with Gasteiger partial charge in [0.25, 0.3) is 0 Å². The molecule has 0 amide bonds. The van der Waals surface area contributed by atoms with E-state index in [0.717, 1.165) is 6.42 Å². The first kappa shape index (κ1) is 35.1. The molecule has 9 heteroatoms. The van der Waals surface area contributed by atoms with Crippen LogP contribution < -0.4 is 15.2 Å². The van der Waals surface area contributed by atoms with E-state index in [2.05, 4.69) is 0 Å². The number of nitrogens with two attached hydrogens (primary N) is 1. The second-order valence-corrected chi connectivity index (χ2v) is 11.7. The van der Waals surface area contributed by atoms with E-state index in [-0.39, 0.29) is 60.4 Å². The number of carbonyl (C=O) groups excluding carboxylic acids is 4. The van der Waals surface area contributed by atoms with Crippen LogP contribution in [-0.4, -0.2) is 42.6 Å². The molecular weight excluding hydrogens is 514 g/mol. The first-order valence-electron chi connectivity index (χ1n) is 14.2. The van der Waals surface area contributed by atoms with Gasteiger partial charge in [0.1, 0.15) is 11.6 Å². The Morgan fingerprint density at radius 3 is 1.85 bits per heavy atom. The number of ether oxygens (including phenoxy) is 4. The molecule has 1 aromatic carbocycles. The first-order chi connectivity index (χ1) is 18.5. The van der Waals surface area contributed by atoms with Crippen molar-refractivity contribution in [1.29, 1.82) is 0 Å². The smallest absolute Gasteiger partial charge is 0.326 e. The molecule has 9 nitrogen and oxygen atoms in total. The summed E-state index contributed by atoms with van der Waals surface area (Å²) < 4.78 is 21.8. The van der Waals surface area contributed by atoms with Crippen molar-refractivity contribution in [2.75, 3.05) is 7.11 Å². The number of hydrogen-bond donors (Lipinski definition) is 1. The lowest BCUT2D eigenvalue weighted by atomic mass is 9.86. The fourth-order valence-corrected chi connectivity index (χ4v) is 3.82. The van der Waals surface area contributed by atoms with Crippen LogP contribution in [0.5, 0.6) is 11.5 Å². The van der Waals surface area contributed by atoms with Gasteiger partial charge in [-0.2, -0.15) is 0 Å². The zero-order valence-corrected chi connectivity index (χ0v) is 25.9. The van der Waals surface area contributed by atoms with Crippen molar-refractivity contribution in [3.05, 3.63) is 23.8 Å². The summed E-state index contributed by atoms with van der Waals surface area (Å²) >= 11 is 0. The van der Waals surface area contributed by atoms with Gasteiger partial charge in [-0.3, -0.25) is 19.2 Å². The quantitative estimate of drug-likeness (QED) is 0.224. The maximum absolute atomic E-state index is 12.8. The molecule has 0 heterocycles. The summed E-state index contributed by atoms with van der Waals surface area (Å²) in [6, 6.07) is 4.71. The van der Waals surface area contributed by atoms with E-state index in [1.807, 2.05) is 41.5 Å². The van der Waals surface area contributed by atoms with Crippen LogP contribution in [0, 0.1) is 29.6 Å². The number of hydrogen-bond acceptors (Lipinski definition) is 9. The molecule has 0 spiro atoms. The lowest BCUT2D eigenvalue weighted by Crippen LogP contribution is -2.53. The number of benzene rings is 1. The molecule has 0 fully saturated rings. The molecule has 2 N–H and O–H groups in total. The molecule has 0 aromatic heterocycles. The van der Waals surface area contributed by atoms with Crippen molar-refractivity contribution in [2.45, 2.75) is 99.6 Å². The maximum atomic E-state index is 12.8. The van der Waals surface area contributed by atoms with E-state index < -0.39 is 35.5 Å². The van der Waals surface area contributed by atoms with Crippen molar-refractivity contribution in [3.63, 3.8) is 0 Å². The Morgan fingerprint density at radius 2 is 1.38 bits per heavy atom. The van der Waals surface area contributed by atoms with E-state index in [9.17, 15) is 19.2 Å². The topological polar surface area (TPSA) is 131 Å². The molecule has 0 aliphatic carbocycles. The second kappa shape index (κ2) is 15.7. The average Bonchev–Trinajstić information content (AvgIpc) is 2.87. The Bertz CT molecular complexity index is 1020. The van der Waals surface area contributed by atoms with Gasteiger partial charge in [-0.05, 0) is 42.4 Å². The molecule has 0 aliphatic rings. The van der Waals surface area contributed by atoms with Crippen molar-refractivity contribution < 1.29 is 38.1 Å². The number of esters is 4. The van der Waals surface area contributed by atoms with Crippen molar-refractivity contribution >= 4 is 23.9 Å². The summed E-state index contributed by atoms with van der Waals surface area (Å²) in [5.74, 6) is -2.33. The highest BCUT2D eigenvalue weighted by Crippen LogP contribution is 2.33. The van der Waals surface area contributed by atoms with E-state index in [1.165, 1.54) is 19.2 Å². The molecule has 4 unspecified atom stereocenters. The molecule has 5 atom stereocenters. The second-order valence-electron chi connectivity index (χ2n) is 11.7. The minimum atomic E-state index is -1.54. The van der Waals surface area contributed by atoms with Crippen molar-refractivity contribution in [2.24, 2.45) is 35.3 Å². The number of carbonyl (C=O) groups is 4. The van der Waals surface area contributed by atoms with Gasteiger partial charge in [-0.1, -0.05) is 67.9 Å². The van der Waals surface area contributed by atoms with Crippen LogP contribution >= 0.6 is 0 Å². The van der Waals surface area contributed by atoms with E-state index >= 15 is 0 Å². The van der Waals surface area contributed by atoms with Gasteiger partial charge in [0.05, 0.1) is 18.9 Å². The molecule has 1 aromatic rings. The van der Waals surface area contributed by atoms with Crippen molar-refractivity contribution in [1.82, 2.24) is 0 Å². The Hall–Kier alpha value is -2.94. The van der Waals surface area contributed by atoms with Crippen LogP contribution in [0.25, 0.3) is 0 Å². The van der Waals surface area contributed by atoms with Gasteiger partial charge < -0.3 is 24.7 Å². The van der Waals surface area contributed by atoms with Gasteiger partial charge in [0.2, 0.25) is 0 Å². The molecule has 0 bridgehead atoms. The van der Waals surface area contributed by atoms with Gasteiger partial charge >= 0.3 is 23.9 Å². The highest BCUT2D eigenvalue weighted by atomic mass is 16.6. The standard InChI is InChI=1S/C31H49NO8/c1-11-20(6)14-27(33)38-21(7)16-31(32,30(36)37-10)17-24-12-13-25(39-28(34)22(8)18(2)3)26(15-24)40-29(35)23(9)19(4)5/h12-13,15,18-23H,11,14,16-17,32H2,1-10H3/t20?,21-,22?,23?,31?/m0/s1. The predicted octanol–water partition coefficient (Wildman–Crippen LogP) is 5.25. The molecule has 0 saturated carbocycles. The highest BCUT2D eigenvalue weighted by Gasteiger charge is 2.38. The van der Waals surface area contributed by atoms with Crippen LogP contribution in [0.3, 0.4) is 0 Å². The summed E-state index contributed by atoms with van der Waals surface area (Å²) in [6.07, 6.45) is 0.469. The van der Waals surface area contributed by atoms with Crippen molar-refractivity contribution in [3.8, 4) is 11.5 Å². The minimum absolute atomic E-state index is 0.00612. The summed E-state index contributed by atoms with van der Waals surface area (Å²) in [6.45, 7) is 16.8. The van der Waals surface area contributed by atoms with Crippen LogP contribution in [0.15, 0.2) is 18.2 Å². The van der Waals surface area contributed by atoms with E-state index in [4.69, 9.17) is 24.7 Å². The summed E-state index contributed by atoms with van der Waals surface area (Å²) in [7, 11) is 1.24. The van der Waals surface area contributed by atoms with Crippen LogP contribution in [0.4, 0.5) is 0 Å². The Morgan fingerprint density at radius 1 is 0.850 bits per heavy atom. The van der Waals surface area contributed by atoms with Gasteiger partial charge in [0, 0.05) is 19.3 Å². The number of methoxy groups -OCH3 is 1. The summed E-state index contributed by atoms with van der Waals surface area (Å²) in [5.41, 5.74) is 5.56. The van der Waals surface area contributed by atoms with Crippen LogP contribution in [-0.2, 0) is 35.1 Å². The minimum Gasteiger partial charge on any atom is -0.468 e. The monoisotopic (exact) mass is 563 g/mol. The molecule has 226 valence electrons. The molecule has 1 rings (SSSR count). The first-order valence-corrected chi connectivity index (χ1v) is 14.2. The van der Waals surface area contributed by atoms with Crippen LogP contribution in [0.1, 0.15) is 87.1 Å². The number of rotatable bonds is 15. The largest absolute Gasteiger partial charge is 0.468 e. The normalized spacial score (nSPS) is 15.9.